The van der Waals surface area contributed by atoms with E-state index in [-0.39, 0.29) is 5.91 Å². The fraction of sp³-hybridized carbons (Fsp3) is 0.286. The first-order chi connectivity index (χ1) is 9.88. The van der Waals surface area contributed by atoms with Gasteiger partial charge < -0.3 is 4.90 Å². The first-order valence-electron chi connectivity index (χ1n) is 6.19. The van der Waals surface area contributed by atoms with Crippen LogP contribution in [0.4, 0.5) is 0 Å². The van der Waals surface area contributed by atoms with Crippen molar-refractivity contribution in [3.63, 3.8) is 0 Å². The molecule has 1 atom stereocenters. The van der Waals surface area contributed by atoms with Gasteiger partial charge in [-0.2, -0.15) is 0 Å². The third-order valence-electron chi connectivity index (χ3n) is 2.99. The Kier molecular flexibility index (Phi) is 5.13. The third-order valence-corrected chi connectivity index (χ3v) is 5.17. The summed E-state index contributed by atoms with van der Waals surface area (Å²) in [6, 6.07) is 7.40. The highest BCUT2D eigenvalue weighted by Gasteiger charge is 2.18. The molecule has 0 saturated heterocycles. The van der Waals surface area contributed by atoms with Crippen molar-refractivity contribution in [3.8, 4) is 0 Å². The average Bonchev–Trinajstić information content (AvgIpc) is 2.77. The number of amides is 1. The molecule has 0 unspecified atom stereocenters. The van der Waals surface area contributed by atoms with Crippen molar-refractivity contribution in [2.24, 2.45) is 0 Å². The summed E-state index contributed by atoms with van der Waals surface area (Å²) < 4.78 is 11.7. The number of rotatable bonds is 4. The first-order valence-corrected chi connectivity index (χ1v) is 8.94. The second-order valence-electron chi connectivity index (χ2n) is 4.64. The zero-order chi connectivity index (χ0) is 15.6. The number of benzene rings is 1. The van der Waals surface area contributed by atoms with Crippen molar-refractivity contribution in [2.75, 3.05) is 13.3 Å². The molecule has 2 aromatic rings. The van der Waals surface area contributed by atoms with Crippen LogP contribution >= 0.6 is 22.9 Å². The minimum absolute atomic E-state index is 0.0972. The maximum absolute atomic E-state index is 12.3. The topological polar surface area (TPSA) is 50.3 Å². The summed E-state index contributed by atoms with van der Waals surface area (Å²) in [4.78, 5) is 19.4. The van der Waals surface area contributed by atoms with Gasteiger partial charge in [-0.25, -0.2) is 4.98 Å². The molecule has 0 spiro atoms. The lowest BCUT2D eigenvalue weighted by Gasteiger charge is -2.16. The maximum Gasteiger partial charge on any atom is 0.265 e. The summed E-state index contributed by atoms with van der Waals surface area (Å²) in [7, 11) is 0.747. The van der Waals surface area contributed by atoms with Crippen LogP contribution in [0.25, 0.3) is 0 Å². The average molecular weight is 343 g/mol. The van der Waals surface area contributed by atoms with Gasteiger partial charge in [0.15, 0.2) is 4.47 Å². The van der Waals surface area contributed by atoms with Crippen molar-refractivity contribution < 1.29 is 9.00 Å². The van der Waals surface area contributed by atoms with Gasteiger partial charge in [0, 0.05) is 35.5 Å². The van der Waals surface area contributed by atoms with E-state index >= 15 is 0 Å². The lowest BCUT2D eigenvalue weighted by atomic mass is 10.2. The van der Waals surface area contributed by atoms with Crippen LogP contribution in [0.5, 0.6) is 0 Å². The number of aryl methyl sites for hydroxylation is 1. The van der Waals surface area contributed by atoms with E-state index in [2.05, 4.69) is 4.98 Å². The van der Waals surface area contributed by atoms with Crippen LogP contribution in [0, 0.1) is 6.92 Å². The molecule has 1 aromatic heterocycles. The molecule has 0 aliphatic carbocycles. The van der Waals surface area contributed by atoms with Gasteiger partial charge in [-0.3, -0.25) is 9.00 Å². The van der Waals surface area contributed by atoms with Gasteiger partial charge in [-0.15, -0.1) is 0 Å². The minimum atomic E-state index is -0.991. The Morgan fingerprint density at radius 1 is 1.38 bits per heavy atom. The number of aromatic nitrogens is 1. The highest BCUT2D eigenvalue weighted by atomic mass is 35.5. The molecule has 1 aromatic carbocycles. The SMILES string of the molecule is Cc1nc(Cl)sc1C(=O)N(C)Cc1ccc([S@@](C)=O)cc1. The zero-order valence-corrected chi connectivity index (χ0v) is 14.3. The van der Waals surface area contributed by atoms with Crippen LogP contribution in [0.3, 0.4) is 0 Å². The molecule has 0 saturated carbocycles. The molecule has 0 aliphatic heterocycles. The lowest BCUT2D eigenvalue weighted by molar-refractivity contribution is 0.0789. The van der Waals surface area contributed by atoms with Gasteiger partial charge in [0.1, 0.15) is 4.88 Å². The molecule has 4 nitrogen and oxygen atoms in total. The van der Waals surface area contributed by atoms with Crippen molar-refractivity contribution in [2.45, 2.75) is 18.4 Å². The molecule has 21 heavy (non-hydrogen) atoms. The molecule has 0 N–H and O–H groups in total. The highest BCUT2D eigenvalue weighted by molar-refractivity contribution is 7.84. The molecule has 0 fully saturated rings. The Morgan fingerprint density at radius 2 is 2.00 bits per heavy atom. The Balaban J connectivity index is 2.10. The summed E-state index contributed by atoms with van der Waals surface area (Å²) in [6.45, 7) is 2.25. The second kappa shape index (κ2) is 6.68. The van der Waals surface area contributed by atoms with E-state index in [1.807, 2.05) is 24.3 Å². The van der Waals surface area contributed by atoms with E-state index in [0.29, 0.717) is 21.6 Å². The molecule has 0 aliphatic rings. The number of thiazole rings is 1. The lowest BCUT2D eigenvalue weighted by Crippen LogP contribution is -2.26. The van der Waals surface area contributed by atoms with Gasteiger partial charge in [-0.1, -0.05) is 35.1 Å². The second-order valence-corrected chi connectivity index (χ2v) is 7.60. The molecular weight excluding hydrogens is 328 g/mol. The maximum atomic E-state index is 12.3. The number of hydrogen-bond donors (Lipinski definition) is 0. The largest absolute Gasteiger partial charge is 0.337 e. The minimum Gasteiger partial charge on any atom is -0.337 e. The fourth-order valence-corrected chi connectivity index (χ4v) is 3.53. The van der Waals surface area contributed by atoms with Crippen LogP contribution in [0.15, 0.2) is 29.2 Å². The van der Waals surface area contributed by atoms with E-state index in [1.165, 1.54) is 11.3 Å². The van der Waals surface area contributed by atoms with Gasteiger partial charge in [0.2, 0.25) is 0 Å². The smallest absolute Gasteiger partial charge is 0.265 e. The normalized spacial score (nSPS) is 12.2. The van der Waals surface area contributed by atoms with Crippen LogP contribution < -0.4 is 0 Å². The number of carbonyl (C=O) groups excluding carboxylic acids is 1. The van der Waals surface area contributed by atoms with Gasteiger partial charge in [-0.05, 0) is 24.6 Å². The Morgan fingerprint density at radius 3 is 2.48 bits per heavy atom. The molecule has 112 valence electrons. The predicted octanol–water partition coefficient (Wildman–Crippen LogP) is 3.11. The summed E-state index contributed by atoms with van der Waals surface area (Å²) in [5.41, 5.74) is 1.63. The molecule has 2 rings (SSSR count). The highest BCUT2D eigenvalue weighted by Crippen LogP contribution is 2.23. The van der Waals surface area contributed by atoms with E-state index < -0.39 is 10.8 Å². The monoisotopic (exact) mass is 342 g/mol. The van der Waals surface area contributed by atoms with E-state index in [0.717, 1.165) is 10.5 Å². The Hall–Kier alpha value is -1.24. The quantitative estimate of drug-likeness (QED) is 0.857. The van der Waals surface area contributed by atoms with Gasteiger partial charge in [0.25, 0.3) is 5.91 Å². The summed E-state index contributed by atoms with van der Waals surface area (Å²) >= 11 is 7.02. The van der Waals surface area contributed by atoms with Gasteiger partial charge >= 0.3 is 0 Å². The zero-order valence-electron chi connectivity index (χ0n) is 11.9. The Bertz CT molecular complexity index is 683. The first kappa shape index (κ1) is 16.1. The van der Waals surface area contributed by atoms with Crippen LogP contribution in [-0.2, 0) is 17.3 Å². The van der Waals surface area contributed by atoms with Crippen LogP contribution in [0.2, 0.25) is 4.47 Å². The van der Waals surface area contributed by atoms with Crippen molar-refractivity contribution in [1.82, 2.24) is 9.88 Å². The van der Waals surface area contributed by atoms with Crippen molar-refractivity contribution >= 4 is 39.6 Å². The molecule has 0 radical (unpaired) electrons. The van der Waals surface area contributed by atoms with Crippen molar-refractivity contribution in [3.05, 3.63) is 44.9 Å². The van der Waals surface area contributed by atoms with E-state index in [9.17, 15) is 9.00 Å². The number of nitrogens with zero attached hydrogens (tertiary/aromatic N) is 2. The van der Waals surface area contributed by atoms with Crippen LogP contribution in [-0.4, -0.2) is 33.3 Å². The summed E-state index contributed by atoms with van der Waals surface area (Å²) in [5.74, 6) is -0.0972. The third kappa shape index (κ3) is 3.90. The van der Waals surface area contributed by atoms with Gasteiger partial charge in [0.05, 0.1) is 5.69 Å². The standard InChI is InChI=1S/C14H15ClN2O2S2/c1-9-12(20-14(15)16-9)13(18)17(2)8-10-4-6-11(7-5-10)21(3)19/h4-7H,8H2,1-3H3/t21-/m1/s1. The molecule has 1 amide bonds. The molecular formula is C14H15ClN2O2S2. The fourth-order valence-electron chi connectivity index (χ4n) is 1.87. The number of carbonyl (C=O) groups is 1. The van der Waals surface area contributed by atoms with Crippen LogP contribution in [0.1, 0.15) is 20.9 Å². The molecule has 1 heterocycles. The van der Waals surface area contributed by atoms with E-state index in [4.69, 9.17) is 11.6 Å². The summed E-state index contributed by atoms with van der Waals surface area (Å²) in [6.07, 6.45) is 1.64. The number of hydrogen-bond acceptors (Lipinski definition) is 4. The Labute approximate surface area is 135 Å². The predicted molar refractivity (Wildman–Crippen MR) is 86.4 cm³/mol. The van der Waals surface area contributed by atoms with E-state index in [1.54, 1.807) is 25.1 Å². The summed E-state index contributed by atoms with van der Waals surface area (Å²) in [5, 5.41) is 0. The number of halogens is 1. The van der Waals surface area contributed by atoms with Crippen molar-refractivity contribution in [1.29, 1.82) is 0 Å². The molecule has 0 bridgehead atoms. The molecule has 7 heteroatoms.